The Morgan fingerprint density at radius 1 is 1.38 bits per heavy atom. The van der Waals surface area contributed by atoms with Gasteiger partial charge >= 0.3 is 0 Å². The number of benzene rings is 1. The summed E-state index contributed by atoms with van der Waals surface area (Å²) in [6, 6.07) is 5.20. The molecule has 1 aromatic rings. The normalized spacial score (nSPS) is 17.2. The molecular formula is C16H25N3O2. The number of anilines is 1. The number of amides is 1. The molecule has 5 heteroatoms. The number of nitrogen functional groups attached to an aromatic ring is 1. The highest BCUT2D eigenvalue weighted by molar-refractivity contribution is 5.98. The van der Waals surface area contributed by atoms with E-state index in [0.29, 0.717) is 17.0 Å². The zero-order valence-corrected chi connectivity index (χ0v) is 12.9. The van der Waals surface area contributed by atoms with Gasteiger partial charge in [-0.05, 0) is 51.1 Å². The fourth-order valence-corrected chi connectivity index (χ4v) is 2.78. The molecule has 0 aliphatic carbocycles. The molecule has 0 radical (unpaired) electrons. The van der Waals surface area contributed by atoms with Gasteiger partial charge in [0, 0.05) is 18.3 Å². The molecule has 21 heavy (non-hydrogen) atoms. The van der Waals surface area contributed by atoms with Crippen molar-refractivity contribution in [2.45, 2.75) is 32.2 Å². The van der Waals surface area contributed by atoms with Crippen LogP contribution in [0.25, 0.3) is 0 Å². The molecule has 2 rings (SSSR count). The summed E-state index contributed by atoms with van der Waals surface area (Å²) < 4.78 is 5.23. The number of likely N-dealkylation sites (tertiary alicyclic amines) is 1. The summed E-state index contributed by atoms with van der Waals surface area (Å²) in [5.41, 5.74) is 6.81. The highest BCUT2D eigenvalue weighted by atomic mass is 16.5. The third-order valence-corrected chi connectivity index (χ3v) is 3.83. The molecule has 1 fully saturated rings. The van der Waals surface area contributed by atoms with E-state index in [4.69, 9.17) is 10.5 Å². The first-order chi connectivity index (χ1) is 10.1. The fourth-order valence-electron chi connectivity index (χ4n) is 2.78. The van der Waals surface area contributed by atoms with E-state index in [2.05, 4.69) is 10.2 Å². The largest absolute Gasteiger partial charge is 0.496 e. The standard InChI is InChI=1S/C16H25N3O2/c1-12(11-19-8-4-3-5-9-19)18-16(20)14-10-13(17)6-7-15(14)21-2/h6-7,10,12H,3-5,8-9,11,17H2,1-2H3,(H,18,20). The molecule has 1 saturated heterocycles. The Bertz CT molecular complexity index is 484. The number of hydrogen-bond donors (Lipinski definition) is 2. The number of nitrogens with one attached hydrogen (secondary N) is 1. The molecule has 0 aromatic heterocycles. The second-order valence-electron chi connectivity index (χ2n) is 5.70. The van der Waals surface area contributed by atoms with E-state index < -0.39 is 0 Å². The van der Waals surface area contributed by atoms with Crippen molar-refractivity contribution in [1.82, 2.24) is 10.2 Å². The summed E-state index contributed by atoms with van der Waals surface area (Å²) in [6.07, 6.45) is 3.82. The van der Waals surface area contributed by atoms with Crippen LogP contribution in [0.2, 0.25) is 0 Å². The Labute approximate surface area is 126 Å². The van der Waals surface area contributed by atoms with Gasteiger partial charge in [0.05, 0.1) is 12.7 Å². The molecule has 1 heterocycles. The van der Waals surface area contributed by atoms with Gasteiger partial charge in [-0.15, -0.1) is 0 Å². The highest BCUT2D eigenvalue weighted by Gasteiger charge is 2.18. The predicted octanol–water partition coefficient (Wildman–Crippen LogP) is 1.88. The van der Waals surface area contributed by atoms with Crippen molar-refractivity contribution in [2.24, 2.45) is 0 Å². The number of methoxy groups -OCH3 is 1. The first-order valence-electron chi connectivity index (χ1n) is 7.57. The van der Waals surface area contributed by atoms with Gasteiger partial charge in [-0.3, -0.25) is 4.79 Å². The van der Waals surface area contributed by atoms with E-state index in [0.717, 1.165) is 19.6 Å². The van der Waals surface area contributed by atoms with E-state index >= 15 is 0 Å². The van der Waals surface area contributed by atoms with Crippen molar-refractivity contribution in [1.29, 1.82) is 0 Å². The van der Waals surface area contributed by atoms with Crippen molar-refractivity contribution in [2.75, 3.05) is 32.5 Å². The quantitative estimate of drug-likeness (QED) is 0.813. The summed E-state index contributed by atoms with van der Waals surface area (Å²) in [5.74, 6) is 0.413. The van der Waals surface area contributed by atoms with Crippen LogP contribution >= 0.6 is 0 Å². The molecule has 0 spiro atoms. The number of nitrogens with two attached hydrogens (primary N) is 1. The molecule has 1 aliphatic rings. The maximum absolute atomic E-state index is 12.4. The van der Waals surface area contributed by atoms with E-state index in [9.17, 15) is 4.79 Å². The van der Waals surface area contributed by atoms with E-state index in [1.807, 2.05) is 6.92 Å². The number of piperidine rings is 1. The van der Waals surface area contributed by atoms with Crippen LogP contribution < -0.4 is 15.8 Å². The average molecular weight is 291 g/mol. The minimum absolute atomic E-state index is 0.0988. The zero-order valence-electron chi connectivity index (χ0n) is 12.9. The fraction of sp³-hybridized carbons (Fsp3) is 0.562. The van der Waals surface area contributed by atoms with Crippen molar-refractivity contribution in [3.63, 3.8) is 0 Å². The Kier molecular flexibility index (Phi) is 5.44. The van der Waals surface area contributed by atoms with Crippen LogP contribution in [0.3, 0.4) is 0 Å². The SMILES string of the molecule is COc1ccc(N)cc1C(=O)NC(C)CN1CCCCC1. The van der Waals surface area contributed by atoms with Gasteiger partial charge < -0.3 is 20.7 Å². The molecule has 0 saturated carbocycles. The van der Waals surface area contributed by atoms with E-state index in [-0.39, 0.29) is 11.9 Å². The molecule has 5 nitrogen and oxygen atoms in total. The van der Waals surface area contributed by atoms with Crippen LogP contribution in [0.4, 0.5) is 5.69 Å². The molecule has 3 N–H and O–H groups in total. The highest BCUT2D eigenvalue weighted by Crippen LogP contribution is 2.21. The maximum atomic E-state index is 12.4. The summed E-state index contributed by atoms with van der Waals surface area (Å²) >= 11 is 0. The number of ether oxygens (including phenoxy) is 1. The predicted molar refractivity (Wildman–Crippen MR) is 84.6 cm³/mol. The molecule has 1 aromatic carbocycles. The lowest BCUT2D eigenvalue weighted by Crippen LogP contribution is -2.43. The topological polar surface area (TPSA) is 67.6 Å². The second kappa shape index (κ2) is 7.31. The molecule has 1 unspecified atom stereocenters. The van der Waals surface area contributed by atoms with Crippen molar-refractivity contribution < 1.29 is 9.53 Å². The van der Waals surface area contributed by atoms with Gasteiger partial charge in [-0.1, -0.05) is 6.42 Å². The summed E-state index contributed by atoms with van der Waals surface area (Å²) in [5, 5.41) is 3.03. The van der Waals surface area contributed by atoms with Gasteiger partial charge in [0.2, 0.25) is 0 Å². The molecule has 1 aliphatic heterocycles. The van der Waals surface area contributed by atoms with Crippen LogP contribution in [0.5, 0.6) is 5.75 Å². The monoisotopic (exact) mass is 291 g/mol. The van der Waals surface area contributed by atoms with Crippen LogP contribution in [-0.4, -0.2) is 43.6 Å². The summed E-state index contributed by atoms with van der Waals surface area (Å²) in [7, 11) is 1.56. The number of nitrogens with zero attached hydrogens (tertiary/aromatic N) is 1. The lowest BCUT2D eigenvalue weighted by Gasteiger charge is -2.29. The minimum atomic E-state index is -0.136. The number of carbonyl (C=O) groups is 1. The Morgan fingerprint density at radius 3 is 2.76 bits per heavy atom. The summed E-state index contributed by atoms with van der Waals surface area (Å²) in [4.78, 5) is 14.8. The smallest absolute Gasteiger partial charge is 0.255 e. The van der Waals surface area contributed by atoms with Gasteiger partial charge in [0.15, 0.2) is 0 Å². The molecular weight excluding hydrogens is 266 g/mol. The average Bonchev–Trinajstić information content (AvgIpc) is 2.48. The first-order valence-corrected chi connectivity index (χ1v) is 7.57. The summed E-state index contributed by atoms with van der Waals surface area (Å²) in [6.45, 7) is 5.17. The number of rotatable bonds is 5. The molecule has 1 atom stereocenters. The van der Waals surface area contributed by atoms with Crippen LogP contribution in [0.15, 0.2) is 18.2 Å². The van der Waals surface area contributed by atoms with Crippen molar-refractivity contribution in [3.05, 3.63) is 23.8 Å². The Morgan fingerprint density at radius 2 is 2.10 bits per heavy atom. The Balaban J connectivity index is 1.95. The van der Waals surface area contributed by atoms with Crippen LogP contribution in [-0.2, 0) is 0 Å². The molecule has 0 bridgehead atoms. The second-order valence-corrected chi connectivity index (χ2v) is 5.70. The maximum Gasteiger partial charge on any atom is 0.255 e. The van der Waals surface area contributed by atoms with Gasteiger partial charge in [-0.2, -0.15) is 0 Å². The minimum Gasteiger partial charge on any atom is -0.496 e. The van der Waals surface area contributed by atoms with Gasteiger partial charge in [-0.25, -0.2) is 0 Å². The molecule has 116 valence electrons. The van der Waals surface area contributed by atoms with Gasteiger partial charge in [0.1, 0.15) is 5.75 Å². The van der Waals surface area contributed by atoms with E-state index in [1.54, 1.807) is 25.3 Å². The van der Waals surface area contributed by atoms with Crippen molar-refractivity contribution >= 4 is 11.6 Å². The van der Waals surface area contributed by atoms with Crippen LogP contribution in [0.1, 0.15) is 36.5 Å². The lowest BCUT2D eigenvalue weighted by molar-refractivity contribution is 0.0922. The molecule has 1 amide bonds. The third-order valence-electron chi connectivity index (χ3n) is 3.83. The Hall–Kier alpha value is -1.75. The van der Waals surface area contributed by atoms with E-state index in [1.165, 1.54) is 19.3 Å². The zero-order chi connectivity index (χ0) is 15.2. The third kappa shape index (κ3) is 4.36. The number of carbonyl (C=O) groups excluding carboxylic acids is 1. The van der Waals surface area contributed by atoms with Crippen molar-refractivity contribution in [3.8, 4) is 5.75 Å². The first kappa shape index (κ1) is 15.6. The van der Waals surface area contributed by atoms with Gasteiger partial charge in [0.25, 0.3) is 5.91 Å². The lowest BCUT2D eigenvalue weighted by atomic mass is 10.1. The van der Waals surface area contributed by atoms with Crippen LogP contribution in [0, 0.1) is 0 Å². The number of hydrogen-bond acceptors (Lipinski definition) is 4.